The molecule has 0 unspecified atom stereocenters. The Balaban J connectivity index is 2.19. The van der Waals surface area contributed by atoms with Gasteiger partial charge in [0.05, 0.1) is 12.5 Å². The Bertz CT molecular complexity index is 126. The van der Waals surface area contributed by atoms with E-state index in [9.17, 15) is 4.79 Å². The molecule has 0 saturated carbocycles. The van der Waals surface area contributed by atoms with Gasteiger partial charge in [0.25, 0.3) is 0 Å². The second kappa shape index (κ2) is 3.65. The van der Waals surface area contributed by atoms with E-state index in [4.69, 9.17) is 9.29 Å². The number of amides is 1. The van der Waals surface area contributed by atoms with Crippen molar-refractivity contribution in [1.82, 2.24) is 10.4 Å². The summed E-state index contributed by atoms with van der Waals surface area (Å²) >= 11 is 1.25. The minimum absolute atomic E-state index is 0.548. The lowest BCUT2D eigenvalue weighted by molar-refractivity contribution is 0.131. The molecular weight excluding hydrogens is 156 g/mol. The number of nitrogens with zero attached hydrogens (tertiary/aromatic N) is 1. The molecule has 0 bridgehead atoms. The predicted molar refractivity (Wildman–Crippen MR) is 36.3 cm³/mol. The lowest BCUT2D eigenvalue weighted by Gasteiger charge is -2.23. The molecule has 1 rings (SSSR count). The van der Waals surface area contributed by atoms with E-state index in [0.717, 1.165) is 0 Å². The van der Waals surface area contributed by atoms with E-state index in [1.54, 1.807) is 5.01 Å². The first kappa shape index (κ1) is 7.64. The van der Waals surface area contributed by atoms with Gasteiger partial charge in [-0.3, -0.25) is 5.43 Å². The molecule has 5 nitrogen and oxygen atoms in total. The molecule has 2 N–H and O–H groups in total. The lowest BCUT2D eigenvalue weighted by Crippen LogP contribution is -2.44. The molecule has 0 aliphatic carbocycles. The van der Waals surface area contributed by atoms with Crippen LogP contribution < -0.4 is 5.43 Å². The first-order valence-electron chi connectivity index (χ1n) is 2.78. The van der Waals surface area contributed by atoms with Crippen LogP contribution >= 0.6 is 12.0 Å². The van der Waals surface area contributed by atoms with Crippen molar-refractivity contribution in [1.29, 1.82) is 0 Å². The average Bonchev–Trinajstić information content (AvgIpc) is 1.88. The maximum atomic E-state index is 10.1. The van der Waals surface area contributed by atoms with Crippen LogP contribution in [0.25, 0.3) is 0 Å². The van der Waals surface area contributed by atoms with Crippen molar-refractivity contribution < 1.29 is 14.1 Å². The van der Waals surface area contributed by atoms with E-state index in [2.05, 4.69) is 5.43 Å². The van der Waals surface area contributed by atoms with Gasteiger partial charge in [-0.25, -0.2) is 9.80 Å². The van der Waals surface area contributed by atoms with E-state index in [1.165, 1.54) is 12.0 Å². The summed E-state index contributed by atoms with van der Waals surface area (Å²) in [5.74, 6) is 0.548. The third-order valence-electron chi connectivity index (χ3n) is 0.990. The quantitative estimate of drug-likeness (QED) is 0.538. The van der Waals surface area contributed by atoms with Crippen LogP contribution in [0.1, 0.15) is 0 Å². The van der Waals surface area contributed by atoms with Gasteiger partial charge in [0.1, 0.15) is 0 Å². The molecule has 1 aliphatic heterocycles. The van der Waals surface area contributed by atoms with Gasteiger partial charge >= 0.3 is 6.09 Å². The Morgan fingerprint density at radius 3 is 3.10 bits per heavy atom. The molecular formula is C4H8N2O3S. The fourth-order valence-corrected chi connectivity index (χ4v) is 1.18. The summed E-state index contributed by atoms with van der Waals surface area (Å²) in [6, 6.07) is 0. The van der Waals surface area contributed by atoms with E-state index in [-0.39, 0.29) is 0 Å². The molecule has 1 aliphatic rings. The van der Waals surface area contributed by atoms with Crippen molar-refractivity contribution in [2.45, 2.75) is 0 Å². The molecule has 0 aromatic rings. The third kappa shape index (κ3) is 2.42. The molecule has 0 aromatic heterocycles. The summed E-state index contributed by atoms with van der Waals surface area (Å²) in [5, 5.41) is 9.84. The monoisotopic (exact) mass is 164 g/mol. The van der Waals surface area contributed by atoms with Crippen LogP contribution in [0.2, 0.25) is 0 Å². The van der Waals surface area contributed by atoms with Gasteiger partial charge in [-0.05, 0) is 0 Å². The molecule has 0 spiro atoms. The van der Waals surface area contributed by atoms with Crippen molar-refractivity contribution in [3.05, 3.63) is 0 Å². The zero-order chi connectivity index (χ0) is 7.40. The largest absolute Gasteiger partial charge is 0.464 e. The van der Waals surface area contributed by atoms with Crippen LogP contribution in [0.4, 0.5) is 4.79 Å². The molecule has 0 aromatic carbocycles. The van der Waals surface area contributed by atoms with E-state index in [1.807, 2.05) is 0 Å². The van der Waals surface area contributed by atoms with Gasteiger partial charge in [0.15, 0.2) is 0 Å². The van der Waals surface area contributed by atoms with Gasteiger partial charge in [-0.2, -0.15) is 0 Å². The van der Waals surface area contributed by atoms with Crippen LogP contribution in [0.3, 0.4) is 0 Å². The summed E-state index contributed by atoms with van der Waals surface area (Å²) in [6.07, 6.45) is -1.03. The van der Waals surface area contributed by atoms with Crippen molar-refractivity contribution in [2.24, 2.45) is 0 Å². The second-order valence-corrected chi connectivity index (χ2v) is 2.48. The predicted octanol–water partition coefficient (Wildman–Crippen LogP) is 0.107. The fourth-order valence-electron chi connectivity index (χ4n) is 0.595. The van der Waals surface area contributed by atoms with E-state index >= 15 is 0 Å². The van der Waals surface area contributed by atoms with Crippen molar-refractivity contribution in [3.63, 3.8) is 0 Å². The van der Waals surface area contributed by atoms with Gasteiger partial charge in [-0.15, -0.1) is 0 Å². The zero-order valence-electron chi connectivity index (χ0n) is 5.24. The summed E-state index contributed by atoms with van der Waals surface area (Å²) in [4.78, 5) is 10.1. The van der Waals surface area contributed by atoms with Crippen LogP contribution in [0.15, 0.2) is 0 Å². The van der Waals surface area contributed by atoms with Gasteiger partial charge in [0.2, 0.25) is 0 Å². The van der Waals surface area contributed by atoms with Gasteiger partial charge in [-0.1, -0.05) is 0 Å². The van der Waals surface area contributed by atoms with Gasteiger partial charge in [0, 0.05) is 18.6 Å². The van der Waals surface area contributed by atoms with Crippen LogP contribution in [-0.2, 0) is 4.18 Å². The molecule has 0 radical (unpaired) electrons. The smallest absolute Gasteiger partial charge is 0.419 e. The number of rotatable bonds is 1. The number of nitrogens with one attached hydrogen (secondary N) is 1. The molecule has 1 heterocycles. The number of carboxylic acid groups (broad SMARTS) is 1. The molecule has 1 fully saturated rings. The third-order valence-corrected chi connectivity index (χ3v) is 1.74. The highest BCUT2D eigenvalue weighted by Gasteiger charge is 2.11. The molecule has 10 heavy (non-hydrogen) atoms. The van der Waals surface area contributed by atoms with E-state index in [0.29, 0.717) is 19.0 Å². The Hall–Kier alpha value is -0.460. The van der Waals surface area contributed by atoms with Crippen molar-refractivity contribution >= 4 is 18.1 Å². The number of hydrogen-bond acceptors (Lipinski definition) is 4. The van der Waals surface area contributed by atoms with Crippen LogP contribution in [0.5, 0.6) is 0 Å². The molecule has 1 saturated heterocycles. The first-order valence-corrected chi connectivity index (χ1v) is 3.69. The first-order chi connectivity index (χ1) is 4.79. The highest BCUT2D eigenvalue weighted by molar-refractivity contribution is 7.94. The highest BCUT2D eigenvalue weighted by Crippen LogP contribution is 2.08. The van der Waals surface area contributed by atoms with Gasteiger partial charge < -0.3 is 9.29 Å². The standard InChI is InChI=1S/C4H8N2O3S/c7-4(8)5-6-1-2-9-10-3-6/h5H,1-3H2,(H,7,8). The topological polar surface area (TPSA) is 61.8 Å². The SMILES string of the molecule is O=C(O)NN1CCOSC1. The number of hydrazine groups is 1. The average molecular weight is 164 g/mol. The summed E-state index contributed by atoms with van der Waals surface area (Å²) in [6.45, 7) is 1.17. The maximum absolute atomic E-state index is 10.1. The molecule has 58 valence electrons. The maximum Gasteiger partial charge on any atom is 0.419 e. The van der Waals surface area contributed by atoms with Crippen LogP contribution in [-0.4, -0.2) is 35.2 Å². The Labute approximate surface area is 62.5 Å². The van der Waals surface area contributed by atoms with Crippen molar-refractivity contribution in [3.8, 4) is 0 Å². The fraction of sp³-hybridized carbons (Fsp3) is 0.750. The lowest BCUT2D eigenvalue weighted by atomic mass is 10.7. The Morgan fingerprint density at radius 1 is 1.80 bits per heavy atom. The number of hydrogen-bond donors (Lipinski definition) is 2. The molecule has 6 heteroatoms. The highest BCUT2D eigenvalue weighted by atomic mass is 32.2. The summed E-state index contributed by atoms with van der Waals surface area (Å²) < 4.78 is 4.92. The minimum atomic E-state index is -1.03. The summed E-state index contributed by atoms with van der Waals surface area (Å²) in [5.41, 5.74) is 2.23. The zero-order valence-corrected chi connectivity index (χ0v) is 6.06. The Kier molecular flexibility index (Phi) is 2.79. The van der Waals surface area contributed by atoms with Crippen LogP contribution in [0, 0.1) is 0 Å². The summed E-state index contributed by atoms with van der Waals surface area (Å²) in [7, 11) is 0. The number of carbonyl (C=O) groups is 1. The Morgan fingerprint density at radius 2 is 2.60 bits per heavy atom. The second-order valence-electron chi connectivity index (χ2n) is 1.75. The normalized spacial score (nSPS) is 20.4. The van der Waals surface area contributed by atoms with E-state index < -0.39 is 6.09 Å². The minimum Gasteiger partial charge on any atom is -0.464 e. The molecule has 1 amide bonds. The van der Waals surface area contributed by atoms with Crippen molar-refractivity contribution in [2.75, 3.05) is 19.0 Å². The molecule has 0 atom stereocenters.